The molecule has 2 aromatic rings. The second-order valence-electron chi connectivity index (χ2n) is 3.98. The Bertz CT molecular complexity index is 692. The van der Waals surface area contributed by atoms with Crippen molar-refractivity contribution in [3.8, 4) is 0 Å². The van der Waals surface area contributed by atoms with Gasteiger partial charge in [0.25, 0.3) is 0 Å². The number of nitrogens with one attached hydrogen (secondary N) is 1. The van der Waals surface area contributed by atoms with E-state index in [2.05, 4.69) is 5.32 Å². The molecule has 0 unspecified atom stereocenters. The summed E-state index contributed by atoms with van der Waals surface area (Å²) in [6.45, 7) is 0. The third-order valence-corrected chi connectivity index (χ3v) is 3.14. The van der Waals surface area contributed by atoms with Crippen LogP contribution in [-0.4, -0.2) is 11.1 Å². The molecule has 104 valence electrons. The lowest BCUT2D eigenvalue weighted by atomic mass is 10.1. The minimum Gasteiger partial charge on any atom is -0.478 e. The van der Waals surface area contributed by atoms with Crippen LogP contribution in [0.15, 0.2) is 30.3 Å². The Kier molecular flexibility index (Phi) is 4.01. The molecule has 0 saturated carbocycles. The molecule has 2 aromatic carbocycles. The van der Waals surface area contributed by atoms with Gasteiger partial charge in [0.2, 0.25) is 0 Å². The van der Waals surface area contributed by atoms with Gasteiger partial charge in [-0.2, -0.15) is 0 Å². The Morgan fingerprint density at radius 2 is 1.90 bits per heavy atom. The van der Waals surface area contributed by atoms with Crippen LogP contribution in [0.2, 0.25) is 10.0 Å². The lowest BCUT2D eigenvalue weighted by molar-refractivity contribution is 0.0698. The van der Waals surface area contributed by atoms with Crippen LogP contribution in [0.5, 0.6) is 0 Å². The van der Waals surface area contributed by atoms with Crippen molar-refractivity contribution in [3.05, 3.63) is 51.8 Å². The molecular formula is C13H9Cl2FN2O2. The molecule has 2 rings (SSSR count). The van der Waals surface area contributed by atoms with Crippen molar-refractivity contribution in [2.75, 3.05) is 11.1 Å². The Morgan fingerprint density at radius 1 is 1.20 bits per heavy atom. The largest absolute Gasteiger partial charge is 0.478 e. The second kappa shape index (κ2) is 5.56. The molecule has 0 aliphatic heterocycles. The molecule has 0 amide bonds. The molecule has 0 spiro atoms. The maximum Gasteiger partial charge on any atom is 0.337 e. The van der Waals surface area contributed by atoms with E-state index in [9.17, 15) is 9.18 Å². The number of carboxylic acid groups (broad SMARTS) is 1. The Balaban J connectivity index is 2.47. The SMILES string of the molecule is Nc1cc(Cl)c(Nc2ccc(Cl)c(F)c2)c(C(=O)O)c1. The molecule has 4 nitrogen and oxygen atoms in total. The molecule has 0 aromatic heterocycles. The normalized spacial score (nSPS) is 10.3. The Hall–Kier alpha value is -1.98. The van der Waals surface area contributed by atoms with Crippen LogP contribution in [0.25, 0.3) is 0 Å². The highest BCUT2D eigenvalue weighted by molar-refractivity contribution is 6.34. The highest BCUT2D eigenvalue weighted by atomic mass is 35.5. The molecule has 4 N–H and O–H groups in total. The van der Waals surface area contributed by atoms with Gasteiger partial charge in [0, 0.05) is 11.4 Å². The quantitative estimate of drug-likeness (QED) is 0.744. The zero-order valence-corrected chi connectivity index (χ0v) is 11.5. The van der Waals surface area contributed by atoms with Crippen molar-refractivity contribution >= 4 is 46.2 Å². The number of hydrogen-bond donors (Lipinski definition) is 3. The van der Waals surface area contributed by atoms with Crippen molar-refractivity contribution in [2.24, 2.45) is 0 Å². The van der Waals surface area contributed by atoms with Gasteiger partial charge >= 0.3 is 5.97 Å². The maximum atomic E-state index is 13.4. The smallest absolute Gasteiger partial charge is 0.337 e. The average Bonchev–Trinajstić information content (AvgIpc) is 2.36. The molecule has 0 saturated heterocycles. The van der Waals surface area contributed by atoms with Crippen molar-refractivity contribution in [1.82, 2.24) is 0 Å². The Labute approximate surface area is 123 Å². The molecule has 20 heavy (non-hydrogen) atoms. The first-order valence-corrected chi connectivity index (χ1v) is 6.18. The van der Waals surface area contributed by atoms with E-state index in [1.165, 1.54) is 24.3 Å². The molecule has 0 fully saturated rings. The summed E-state index contributed by atoms with van der Waals surface area (Å²) in [6.07, 6.45) is 0. The molecular weight excluding hydrogens is 306 g/mol. The first-order chi connectivity index (χ1) is 9.38. The van der Waals surface area contributed by atoms with Gasteiger partial charge in [-0.25, -0.2) is 9.18 Å². The molecule has 0 aliphatic carbocycles. The minimum atomic E-state index is -1.20. The van der Waals surface area contributed by atoms with E-state index in [1.807, 2.05) is 0 Å². The summed E-state index contributed by atoms with van der Waals surface area (Å²) in [4.78, 5) is 11.2. The predicted octanol–water partition coefficient (Wildman–Crippen LogP) is 4.16. The highest BCUT2D eigenvalue weighted by Gasteiger charge is 2.15. The predicted molar refractivity (Wildman–Crippen MR) is 77.5 cm³/mol. The summed E-state index contributed by atoms with van der Waals surface area (Å²) in [5.74, 6) is -1.82. The molecule has 0 bridgehead atoms. The van der Waals surface area contributed by atoms with E-state index in [4.69, 9.17) is 34.0 Å². The zero-order chi connectivity index (χ0) is 14.9. The number of hydrogen-bond acceptors (Lipinski definition) is 3. The summed E-state index contributed by atoms with van der Waals surface area (Å²) in [6, 6.07) is 6.67. The van der Waals surface area contributed by atoms with E-state index in [1.54, 1.807) is 0 Å². The molecule has 7 heteroatoms. The summed E-state index contributed by atoms with van der Waals surface area (Å²) < 4.78 is 13.4. The fourth-order valence-corrected chi connectivity index (χ4v) is 2.03. The van der Waals surface area contributed by atoms with Crippen molar-refractivity contribution in [3.63, 3.8) is 0 Å². The van der Waals surface area contributed by atoms with E-state index in [0.29, 0.717) is 5.69 Å². The number of nitrogen functional groups attached to an aromatic ring is 1. The number of carboxylic acids is 1. The number of anilines is 3. The molecule has 0 radical (unpaired) electrons. The summed E-state index contributed by atoms with van der Waals surface area (Å²) in [5.41, 5.74) is 6.12. The van der Waals surface area contributed by atoms with Crippen LogP contribution in [0.3, 0.4) is 0 Å². The van der Waals surface area contributed by atoms with Crippen LogP contribution < -0.4 is 11.1 Å². The van der Waals surface area contributed by atoms with Crippen molar-refractivity contribution < 1.29 is 14.3 Å². The van der Waals surface area contributed by atoms with Gasteiger partial charge in [0.15, 0.2) is 0 Å². The zero-order valence-electron chi connectivity index (χ0n) is 9.95. The number of aromatic carboxylic acids is 1. The van der Waals surface area contributed by atoms with E-state index in [0.717, 1.165) is 6.07 Å². The highest BCUT2D eigenvalue weighted by Crippen LogP contribution is 2.32. The number of benzene rings is 2. The van der Waals surface area contributed by atoms with Crippen molar-refractivity contribution in [2.45, 2.75) is 0 Å². The molecule has 0 aliphatic rings. The lowest BCUT2D eigenvalue weighted by Gasteiger charge is -2.13. The van der Waals surface area contributed by atoms with Crippen molar-refractivity contribution in [1.29, 1.82) is 0 Å². The fourth-order valence-electron chi connectivity index (χ4n) is 1.64. The number of carbonyl (C=O) groups is 1. The first kappa shape index (κ1) is 14.4. The maximum absolute atomic E-state index is 13.4. The van der Waals surface area contributed by atoms with Crippen LogP contribution in [0, 0.1) is 5.82 Å². The summed E-state index contributed by atoms with van der Waals surface area (Å²) in [5, 5.41) is 12.0. The lowest BCUT2D eigenvalue weighted by Crippen LogP contribution is -2.05. The second-order valence-corrected chi connectivity index (χ2v) is 4.80. The van der Waals surface area contributed by atoms with Gasteiger partial charge in [0.1, 0.15) is 5.82 Å². The van der Waals surface area contributed by atoms with Gasteiger partial charge in [-0.15, -0.1) is 0 Å². The van der Waals surface area contributed by atoms with E-state index < -0.39 is 11.8 Å². The molecule has 0 atom stereocenters. The van der Waals surface area contributed by atoms with Gasteiger partial charge in [-0.1, -0.05) is 23.2 Å². The summed E-state index contributed by atoms with van der Waals surface area (Å²) >= 11 is 11.6. The summed E-state index contributed by atoms with van der Waals surface area (Å²) in [7, 11) is 0. The van der Waals surface area contributed by atoms with Gasteiger partial charge in [-0.05, 0) is 30.3 Å². The standard InChI is InChI=1S/C13H9Cl2FN2O2/c14-9-2-1-7(5-11(9)16)18-12-8(13(19)20)3-6(17)4-10(12)15/h1-5,18H,17H2,(H,19,20). The topological polar surface area (TPSA) is 75.3 Å². The fraction of sp³-hybridized carbons (Fsp3) is 0. The van der Waals surface area contributed by atoms with Gasteiger partial charge < -0.3 is 16.2 Å². The molecule has 0 heterocycles. The third kappa shape index (κ3) is 2.95. The van der Waals surface area contributed by atoms with Crippen LogP contribution in [0.4, 0.5) is 21.5 Å². The van der Waals surface area contributed by atoms with Crippen LogP contribution >= 0.6 is 23.2 Å². The van der Waals surface area contributed by atoms with Gasteiger partial charge in [0.05, 0.1) is 21.3 Å². The number of halogens is 3. The Morgan fingerprint density at radius 3 is 2.50 bits per heavy atom. The first-order valence-electron chi connectivity index (χ1n) is 5.43. The monoisotopic (exact) mass is 314 g/mol. The number of rotatable bonds is 3. The number of nitrogens with two attached hydrogens (primary N) is 1. The third-order valence-electron chi connectivity index (χ3n) is 2.53. The minimum absolute atomic E-state index is 0.0302. The van der Waals surface area contributed by atoms with E-state index in [-0.39, 0.29) is 27.0 Å². The van der Waals surface area contributed by atoms with Crippen LogP contribution in [-0.2, 0) is 0 Å². The van der Waals surface area contributed by atoms with Crippen LogP contribution in [0.1, 0.15) is 10.4 Å². The van der Waals surface area contributed by atoms with Gasteiger partial charge in [-0.3, -0.25) is 0 Å². The average molecular weight is 315 g/mol. The van der Waals surface area contributed by atoms with E-state index >= 15 is 0 Å².